The molecule has 1 N–H and O–H groups in total. The summed E-state index contributed by atoms with van der Waals surface area (Å²) in [6.07, 6.45) is 0. The maximum Gasteiger partial charge on any atom is 0.374 e. The molecule has 0 unspecified atom stereocenters. The quantitative estimate of drug-likeness (QED) is 0.582. The minimum Gasteiger partial charge on any atom is -0.450 e. The SMILES string of the molecule is CN(CC(=O)Nc1ccc(F)cc1)C(=O)COC(=O)c1ccc(-c2ccc(F)cc2)o1. The van der Waals surface area contributed by atoms with E-state index in [0.29, 0.717) is 17.0 Å². The number of nitrogens with zero attached hydrogens (tertiary/aromatic N) is 1. The van der Waals surface area contributed by atoms with E-state index in [-0.39, 0.29) is 12.3 Å². The van der Waals surface area contributed by atoms with Crippen LogP contribution in [0, 0.1) is 11.6 Å². The van der Waals surface area contributed by atoms with Crippen molar-refractivity contribution in [2.75, 3.05) is 25.5 Å². The lowest BCUT2D eigenvalue weighted by atomic mass is 10.2. The van der Waals surface area contributed by atoms with E-state index in [1.807, 2.05) is 0 Å². The standard InChI is InChI=1S/C22H18F2N2O5/c1-26(12-20(27)25-17-8-6-16(24)7-9-17)21(28)13-30-22(29)19-11-10-18(31-19)14-2-4-15(23)5-3-14/h2-11H,12-13H2,1H3,(H,25,27). The first-order valence-corrected chi connectivity index (χ1v) is 9.14. The van der Waals surface area contributed by atoms with Crippen molar-refractivity contribution in [3.63, 3.8) is 0 Å². The molecule has 160 valence electrons. The molecule has 1 heterocycles. The van der Waals surface area contributed by atoms with Gasteiger partial charge in [0.05, 0.1) is 6.54 Å². The topological polar surface area (TPSA) is 88.9 Å². The highest BCUT2D eigenvalue weighted by Crippen LogP contribution is 2.22. The number of likely N-dealkylation sites (N-methyl/N-ethyl adjacent to an activating group) is 1. The highest BCUT2D eigenvalue weighted by molar-refractivity contribution is 5.95. The molecular formula is C22H18F2N2O5. The summed E-state index contributed by atoms with van der Waals surface area (Å²) in [6.45, 7) is -0.880. The van der Waals surface area contributed by atoms with Crippen LogP contribution in [0.2, 0.25) is 0 Å². The molecule has 0 atom stereocenters. The molecule has 0 aliphatic carbocycles. The molecule has 0 bridgehead atoms. The first-order valence-electron chi connectivity index (χ1n) is 9.14. The van der Waals surface area contributed by atoms with Crippen LogP contribution in [0.3, 0.4) is 0 Å². The molecule has 0 saturated heterocycles. The van der Waals surface area contributed by atoms with Crippen molar-refractivity contribution < 1.29 is 32.3 Å². The molecule has 0 fully saturated rings. The molecule has 2 amide bonds. The number of ether oxygens (including phenoxy) is 1. The summed E-state index contributed by atoms with van der Waals surface area (Å²) in [6, 6.07) is 13.6. The van der Waals surface area contributed by atoms with Crippen LogP contribution in [0.5, 0.6) is 0 Å². The van der Waals surface area contributed by atoms with Gasteiger partial charge in [-0.2, -0.15) is 0 Å². The Morgan fingerprint density at radius 2 is 1.55 bits per heavy atom. The third-order valence-corrected chi connectivity index (χ3v) is 4.20. The predicted octanol–water partition coefficient (Wildman–Crippen LogP) is 3.48. The Morgan fingerprint density at radius 3 is 2.19 bits per heavy atom. The van der Waals surface area contributed by atoms with Crippen LogP contribution in [-0.4, -0.2) is 42.9 Å². The maximum atomic E-state index is 13.0. The Bertz CT molecular complexity index is 1080. The van der Waals surface area contributed by atoms with Gasteiger partial charge in [-0.3, -0.25) is 9.59 Å². The Hall–Kier alpha value is -4.01. The lowest BCUT2D eigenvalue weighted by Crippen LogP contribution is -2.37. The van der Waals surface area contributed by atoms with Gasteiger partial charge < -0.3 is 19.4 Å². The molecule has 31 heavy (non-hydrogen) atoms. The molecule has 0 aliphatic heterocycles. The second-order valence-electron chi connectivity index (χ2n) is 6.55. The van der Waals surface area contributed by atoms with Crippen LogP contribution in [0.1, 0.15) is 10.6 Å². The fourth-order valence-electron chi connectivity index (χ4n) is 2.56. The Morgan fingerprint density at radius 1 is 0.935 bits per heavy atom. The number of hydrogen-bond donors (Lipinski definition) is 1. The monoisotopic (exact) mass is 428 g/mol. The number of rotatable bonds is 7. The summed E-state index contributed by atoms with van der Waals surface area (Å²) >= 11 is 0. The highest BCUT2D eigenvalue weighted by Gasteiger charge is 2.18. The summed E-state index contributed by atoms with van der Waals surface area (Å²) in [5.74, 6) is -2.57. The first-order chi connectivity index (χ1) is 14.8. The van der Waals surface area contributed by atoms with Crippen molar-refractivity contribution in [2.24, 2.45) is 0 Å². The van der Waals surface area contributed by atoms with Gasteiger partial charge in [0, 0.05) is 18.3 Å². The number of benzene rings is 2. The number of carbonyl (C=O) groups excluding carboxylic acids is 3. The third-order valence-electron chi connectivity index (χ3n) is 4.20. The molecular weight excluding hydrogens is 410 g/mol. The number of anilines is 1. The Kier molecular flexibility index (Phi) is 6.76. The second-order valence-corrected chi connectivity index (χ2v) is 6.55. The summed E-state index contributed by atoms with van der Waals surface area (Å²) in [5, 5.41) is 2.52. The van der Waals surface area contributed by atoms with Crippen LogP contribution >= 0.6 is 0 Å². The molecule has 0 spiro atoms. The summed E-state index contributed by atoms with van der Waals surface area (Å²) in [4.78, 5) is 37.3. The Labute approximate surface area is 176 Å². The maximum absolute atomic E-state index is 13.0. The zero-order chi connectivity index (χ0) is 22.4. The van der Waals surface area contributed by atoms with Crippen LogP contribution in [-0.2, 0) is 14.3 Å². The van der Waals surface area contributed by atoms with Gasteiger partial charge >= 0.3 is 5.97 Å². The summed E-state index contributed by atoms with van der Waals surface area (Å²) < 4.78 is 36.2. The molecule has 0 radical (unpaired) electrons. The van der Waals surface area contributed by atoms with Crippen molar-refractivity contribution in [3.05, 3.63) is 78.1 Å². The molecule has 7 nitrogen and oxygen atoms in total. The summed E-state index contributed by atoms with van der Waals surface area (Å²) in [5.41, 5.74) is 0.955. The van der Waals surface area contributed by atoms with E-state index < -0.39 is 36.0 Å². The minimum atomic E-state index is -0.856. The van der Waals surface area contributed by atoms with Gasteiger partial charge in [-0.05, 0) is 60.7 Å². The van der Waals surface area contributed by atoms with Gasteiger partial charge in [-0.1, -0.05) is 0 Å². The van der Waals surface area contributed by atoms with Gasteiger partial charge in [0.15, 0.2) is 6.61 Å². The molecule has 0 saturated carbocycles. The van der Waals surface area contributed by atoms with Crippen molar-refractivity contribution in [1.82, 2.24) is 4.90 Å². The average Bonchev–Trinajstić information content (AvgIpc) is 3.24. The fraction of sp³-hybridized carbons (Fsp3) is 0.136. The molecule has 1 aromatic heterocycles. The van der Waals surface area contributed by atoms with Crippen LogP contribution in [0.4, 0.5) is 14.5 Å². The van der Waals surface area contributed by atoms with Gasteiger partial charge in [0.25, 0.3) is 5.91 Å². The molecule has 2 aromatic carbocycles. The number of esters is 1. The number of amides is 2. The molecule has 3 rings (SSSR count). The third kappa shape index (κ3) is 5.99. The lowest BCUT2D eigenvalue weighted by Gasteiger charge is -2.16. The van der Waals surface area contributed by atoms with Crippen LogP contribution in [0.25, 0.3) is 11.3 Å². The zero-order valence-electron chi connectivity index (χ0n) is 16.4. The zero-order valence-corrected chi connectivity index (χ0v) is 16.4. The largest absolute Gasteiger partial charge is 0.450 e. The normalized spacial score (nSPS) is 10.4. The second kappa shape index (κ2) is 9.66. The number of halogens is 2. The van der Waals surface area contributed by atoms with E-state index in [1.54, 1.807) is 0 Å². The van der Waals surface area contributed by atoms with Gasteiger partial charge in [-0.15, -0.1) is 0 Å². The van der Waals surface area contributed by atoms with E-state index in [0.717, 1.165) is 4.90 Å². The van der Waals surface area contributed by atoms with Gasteiger partial charge in [0.2, 0.25) is 11.7 Å². The van der Waals surface area contributed by atoms with Gasteiger partial charge in [0.1, 0.15) is 17.4 Å². The minimum absolute atomic E-state index is 0.121. The number of furan rings is 1. The van der Waals surface area contributed by atoms with Crippen molar-refractivity contribution in [1.29, 1.82) is 0 Å². The van der Waals surface area contributed by atoms with Crippen molar-refractivity contribution in [3.8, 4) is 11.3 Å². The number of carbonyl (C=O) groups is 3. The highest BCUT2D eigenvalue weighted by atomic mass is 19.1. The van der Waals surface area contributed by atoms with E-state index in [2.05, 4.69) is 5.32 Å². The van der Waals surface area contributed by atoms with Crippen molar-refractivity contribution in [2.45, 2.75) is 0 Å². The Balaban J connectivity index is 1.48. The van der Waals surface area contributed by atoms with E-state index in [4.69, 9.17) is 9.15 Å². The predicted molar refractivity (Wildman–Crippen MR) is 107 cm³/mol. The van der Waals surface area contributed by atoms with Gasteiger partial charge in [-0.25, -0.2) is 13.6 Å². The number of nitrogens with one attached hydrogen (secondary N) is 1. The lowest BCUT2D eigenvalue weighted by molar-refractivity contribution is -0.136. The van der Waals surface area contributed by atoms with Crippen LogP contribution in [0.15, 0.2) is 65.1 Å². The average molecular weight is 428 g/mol. The molecule has 0 aliphatic rings. The number of hydrogen-bond acceptors (Lipinski definition) is 5. The smallest absolute Gasteiger partial charge is 0.374 e. The van der Waals surface area contributed by atoms with Crippen LogP contribution < -0.4 is 5.32 Å². The van der Waals surface area contributed by atoms with E-state index in [9.17, 15) is 23.2 Å². The molecule has 9 heteroatoms. The fourth-order valence-corrected chi connectivity index (χ4v) is 2.56. The first kappa shape index (κ1) is 21.7. The van der Waals surface area contributed by atoms with E-state index in [1.165, 1.54) is 67.7 Å². The summed E-state index contributed by atoms with van der Waals surface area (Å²) in [7, 11) is 1.37. The van der Waals surface area contributed by atoms with Crippen molar-refractivity contribution >= 4 is 23.5 Å². The molecule has 3 aromatic rings. The van der Waals surface area contributed by atoms with E-state index >= 15 is 0 Å².